The fourth-order valence-corrected chi connectivity index (χ4v) is 3.84. The van der Waals surface area contributed by atoms with Crippen LogP contribution in [0, 0.1) is 6.92 Å². The average Bonchev–Trinajstić information content (AvgIpc) is 3.23. The van der Waals surface area contributed by atoms with Crippen LogP contribution in [0.4, 0.5) is 5.13 Å². The fourth-order valence-electron chi connectivity index (χ4n) is 2.19. The summed E-state index contributed by atoms with van der Waals surface area (Å²) in [7, 11) is -0.727. The maximum absolute atomic E-state index is 12.4. The Morgan fingerprint density at radius 2 is 2.00 bits per heavy atom. The molecule has 3 aromatic rings. The van der Waals surface area contributed by atoms with Crippen LogP contribution in [0.15, 0.2) is 51.1 Å². The summed E-state index contributed by atoms with van der Waals surface area (Å²) in [5.74, 6) is 0.966. The van der Waals surface area contributed by atoms with Gasteiger partial charge in [0.2, 0.25) is 10.0 Å². The average molecular weight is 391 g/mol. The Balaban J connectivity index is 1.80. The highest BCUT2D eigenvalue weighted by atomic mass is 32.2. The second-order valence-corrected chi connectivity index (χ2v) is 8.73. The largest absolute Gasteiger partial charge is 0.460 e. The Bertz CT molecular complexity index is 1050. The van der Waals surface area contributed by atoms with Gasteiger partial charge in [0.1, 0.15) is 11.5 Å². The molecule has 0 aliphatic heterocycles. The van der Waals surface area contributed by atoms with Crippen LogP contribution in [0.1, 0.15) is 16.1 Å². The molecule has 2 heterocycles. The van der Waals surface area contributed by atoms with E-state index < -0.39 is 15.9 Å². The standard InChI is InChI=1S/C17H17N3O4S2/c1-11-7-8-15(24-11)14-10-25-17(18-14)19-16(21)12-5-4-6-13(9-12)26(22,23)20(2)3/h4-10H,1-3H3,(H,18,19,21). The number of aryl methyl sites for hydroxylation is 1. The summed E-state index contributed by atoms with van der Waals surface area (Å²) in [5.41, 5.74) is 0.862. The van der Waals surface area contributed by atoms with Gasteiger partial charge in [-0.3, -0.25) is 10.1 Å². The maximum atomic E-state index is 12.4. The first-order valence-corrected chi connectivity index (χ1v) is 9.95. The van der Waals surface area contributed by atoms with Crippen molar-refractivity contribution in [2.75, 3.05) is 19.4 Å². The van der Waals surface area contributed by atoms with Gasteiger partial charge in [0, 0.05) is 25.0 Å². The maximum Gasteiger partial charge on any atom is 0.257 e. The first-order chi connectivity index (χ1) is 12.3. The van der Waals surface area contributed by atoms with Gasteiger partial charge < -0.3 is 4.42 Å². The number of rotatable bonds is 5. The van der Waals surface area contributed by atoms with E-state index in [1.807, 2.05) is 19.1 Å². The molecule has 0 saturated carbocycles. The second kappa shape index (κ2) is 7.02. The highest BCUT2D eigenvalue weighted by Crippen LogP contribution is 2.26. The number of aromatic nitrogens is 1. The van der Waals surface area contributed by atoms with E-state index in [9.17, 15) is 13.2 Å². The first kappa shape index (κ1) is 18.3. The van der Waals surface area contributed by atoms with Crippen molar-refractivity contribution < 1.29 is 17.6 Å². The number of benzene rings is 1. The quantitative estimate of drug-likeness (QED) is 0.721. The molecule has 3 rings (SSSR count). The minimum atomic E-state index is -3.61. The zero-order valence-corrected chi connectivity index (χ0v) is 16.0. The summed E-state index contributed by atoms with van der Waals surface area (Å²) in [6, 6.07) is 9.52. The molecule has 1 amide bonds. The molecule has 0 aliphatic rings. The highest BCUT2D eigenvalue weighted by Gasteiger charge is 2.19. The van der Waals surface area contributed by atoms with Crippen molar-refractivity contribution in [2.24, 2.45) is 0 Å². The lowest BCUT2D eigenvalue weighted by molar-refractivity contribution is 0.102. The van der Waals surface area contributed by atoms with E-state index in [0.29, 0.717) is 16.6 Å². The van der Waals surface area contributed by atoms with Crippen molar-refractivity contribution in [3.8, 4) is 11.5 Å². The predicted molar refractivity (Wildman–Crippen MR) is 99.8 cm³/mol. The minimum absolute atomic E-state index is 0.0565. The van der Waals surface area contributed by atoms with Gasteiger partial charge in [0.05, 0.1) is 4.90 Å². The number of hydrogen-bond donors (Lipinski definition) is 1. The SMILES string of the molecule is Cc1ccc(-c2csc(NC(=O)c3cccc(S(=O)(=O)N(C)C)c3)n2)o1. The second-order valence-electron chi connectivity index (χ2n) is 5.72. The number of amides is 1. The first-order valence-electron chi connectivity index (χ1n) is 7.63. The Morgan fingerprint density at radius 1 is 1.23 bits per heavy atom. The van der Waals surface area contributed by atoms with Crippen molar-refractivity contribution in [1.29, 1.82) is 0 Å². The summed E-state index contributed by atoms with van der Waals surface area (Å²) < 4.78 is 31.0. The number of hydrogen-bond acceptors (Lipinski definition) is 6. The van der Waals surface area contributed by atoms with Crippen LogP contribution in [0.3, 0.4) is 0 Å². The molecular formula is C17H17N3O4S2. The summed E-state index contributed by atoms with van der Waals surface area (Å²) in [5, 5.41) is 4.86. The van der Waals surface area contributed by atoms with Gasteiger partial charge in [-0.05, 0) is 37.3 Å². The molecule has 2 aromatic heterocycles. The Morgan fingerprint density at radius 3 is 2.65 bits per heavy atom. The van der Waals surface area contributed by atoms with Crippen LogP contribution < -0.4 is 5.32 Å². The summed E-state index contributed by atoms with van der Waals surface area (Å²) in [6.07, 6.45) is 0. The summed E-state index contributed by atoms with van der Waals surface area (Å²) >= 11 is 1.26. The third-order valence-corrected chi connectivity index (χ3v) is 6.16. The number of sulfonamides is 1. The molecular weight excluding hydrogens is 374 g/mol. The topological polar surface area (TPSA) is 92.5 Å². The zero-order chi connectivity index (χ0) is 18.9. The highest BCUT2D eigenvalue weighted by molar-refractivity contribution is 7.89. The molecule has 7 nitrogen and oxygen atoms in total. The Kier molecular flexibility index (Phi) is 4.94. The molecule has 1 aromatic carbocycles. The third-order valence-electron chi connectivity index (χ3n) is 3.59. The van der Waals surface area contributed by atoms with Gasteiger partial charge in [-0.25, -0.2) is 17.7 Å². The molecule has 0 unspecified atom stereocenters. The van der Waals surface area contributed by atoms with E-state index in [4.69, 9.17) is 4.42 Å². The van der Waals surface area contributed by atoms with Gasteiger partial charge in [0.15, 0.2) is 10.9 Å². The number of nitrogens with one attached hydrogen (secondary N) is 1. The van der Waals surface area contributed by atoms with E-state index in [0.717, 1.165) is 10.1 Å². The van der Waals surface area contributed by atoms with E-state index in [1.165, 1.54) is 43.6 Å². The normalized spacial score (nSPS) is 11.7. The fraction of sp³-hybridized carbons (Fsp3) is 0.176. The van der Waals surface area contributed by atoms with Crippen LogP contribution in [-0.2, 0) is 10.0 Å². The summed E-state index contributed by atoms with van der Waals surface area (Å²) in [6.45, 7) is 1.84. The molecule has 9 heteroatoms. The van der Waals surface area contributed by atoms with E-state index in [-0.39, 0.29) is 10.5 Å². The van der Waals surface area contributed by atoms with E-state index in [2.05, 4.69) is 10.3 Å². The monoisotopic (exact) mass is 391 g/mol. The van der Waals surface area contributed by atoms with Crippen molar-refractivity contribution in [1.82, 2.24) is 9.29 Å². The van der Waals surface area contributed by atoms with Gasteiger partial charge in [-0.15, -0.1) is 11.3 Å². The number of anilines is 1. The van der Waals surface area contributed by atoms with Gasteiger partial charge in [-0.1, -0.05) is 6.07 Å². The molecule has 0 spiro atoms. The molecule has 0 bridgehead atoms. The lowest BCUT2D eigenvalue weighted by Crippen LogP contribution is -2.22. The molecule has 26 heavy (non-hydrogen) atoms. The van der Waals surface area contributed by atoms with Gasteiger partial charge in [-0.2, -0.15) is 0 Å². The molecule has 0 radical (unpaired) electrons. The molecule has 0 saturated heterocycles. The minimum Gasteiger partial charge on any atom is -0.460 e. The molecule has 0 fully saturated rings. The van der Waals surface area contributed by atoms with Crippen molar-refractivity contribution in [3.05, 3.63) is 53.1 Å². The van der Waals surface area contributed by atoms with Crippen LogP contribution in [0.5, 0.6) is 0 Å². The smallest absolute Gasteiger partial charge is 0.257 e. The number of furan rings is 1. The molecule has 136 valence electrons. The Hall–Kier alpha value is -2.49. The van der Waals surface area contributed by atoms with Gasteiger partial charge >= 0.3 is 0 Å². The van der Waals surface area contributed by atoms with Crippen LogP contribution in [0.2, 0.25) is 0 Å². The van der Waals surface area contributed by atoms with Crippen molar-refractivity contribution in [3.63, 3.8) is 0 Å². The number of carbonyl (C=O) groups is 1. The zero-order valence-electron chi connectivity index (χ0n) is 14.4. The molecule has 0 aliphatic carbocycles. The van der Waals surface area contributed by atoms with Crippen LogP contribution in [-0.4, -0.2) is 37.7 Å². The molecule has 1 N–H and O–H groups in total. The number of nitrogens with zero attached hydrogens (tertiary/aromatic N) is 2. The Labute approximate surface area is 155 Å². The number of thiazole rings is 1. The predicted octanol–water partition coefficient (Wildman–Crippen LogP) is 3.21. The van der Waals surface area contributed by atoms with Crippen molar-refractivity contribution in [2.45, 2.75) is 11.8 Å². The van der Waals surface area contributed by atoms with Gasteiger partial charge in [0.25, 0.3) is 5.91 Å². The number of carbonyl (C=O) groups excluding carboxylic acids is 1. The lowest BCUT2D eigenvalue weighted by Gasteiger charge is -2.12. The van der Waals surface area contributed by atoms with E-state index >= 15 is 0 Å². The third kappa shape index (κ3) is 3.69. The van der Waals surface area contributed by atoms with Crippen LogP contribution >= 0.6 is 11.3 Å². The summed E-state index contributed by atoms with van der Waals surface area (Å²) in [4.78, 5) is 16.8. The van der Waals surface area contributed by atoms with Crippen molar-refractivity contribution >= 4 is 32.4 Å². The van der Waals surface area contributed by atoms with Crippen LogP contribution in [0.25, 0.3) is 11.5 Å². The lowest BCUT2D eigenvalue weighted by atomic mass is 10.2. The molecule has 0 atom stereocenters. The van der Waals surface area contributed by atoms with E-state index in [1.54, 1.807) is 11.4 Å².